The largest absolute Gasteiger partial charge is 0.457 e. The van der Waals surface area contributed by atoms with Gasteiger partial charge in [-0.1, -0.05) is 74.5 Å². The Morgan fingerprint density at radius 1 is 0.822 bits per heavy atom. The van der Waals surface area contributed by atoms with Crippen LogP contribution < -0.4 is 5.73 Å². The average molecular weight is 628 g/mol. The number of unbranched alkanes of at least 4 members (excludes halogenated alkanes) is 2. The molecule has 5 unspecified atom stereocenters. The Morgan fingerprint density at radius 2 is 1.56 bits per heavy atom. The summed E-state index contributed by atoms with van der Waals surface area (Å²) < 4.78 is 51.4. The van der Waals surface area contributed by atoms with Gasteiger partial charge in [-0.15, -0.1) is 0 Å². The molecule has 0 radical (unpaired) electrons. The first-order valence-corrected chi connectivity index (χ1v) is 16.3. The van der Waals surface area contributed by atoms with Crippen molar-refractivity contribution in [3.63, 3.8) is 0 Å². The molecule has 0 saturated carbocycles. The number of esters is 1. The molecule has 10 nitrogen and oxygen atoms in total. The van der Waals surface area contributed by atoms with Crippen LogP contribution in [0.15, 0.2) is 60.7 Å². The maximum Gasteiger partial charge on any atom is 0.303 e. The van der Waals surface area contributed by atoms with Crippen LogP contribution in [-0.4, -0.2) is 74.9 Å². The van der Waals surface area contributed by atoms with Gasteiger partial charge in [0.1, 0.15) is 24.4 Å². The number of nitrogens with two attached hydrogens (primary N) is 1. The lowest BCUT2D eigenvalue weighted by Crippen LogP contribution is -2.65. The van der Waals surface area contributed by atoms with Crippen LogP contribution >= 0.6 is 0 Å². The molecular formula is C35H49NO9. The summed E-state index contributed by atoms with van der Waals surface area (Å²) in [7, 11) is 0. The highest BCUT2D eigenvalue weighted by molar-refractivity contribution is 5.66. The Bertz CT molecular complexity index is 1170. The molecule has 45 heavy (non-hydrogen) atoms. The molecule has 2 N–H and O–H groups in total. The van der Waals surface area contributed by atoms with E-state index >= 15 is 0 Å². The molecule has 0 bridgehead atoms. The fourth-order valence-electron chi connectivity index (χ4n) is 6.19. The molecule has 3 heterocycles. The molecular weight excluding hydrogens is 578 g/mol. The molecule has 0 aliphatic carbocycles. The number of rotatable bonds is 13. The first-order chi connectivity index (χ1) is 21.9. The van der Waals surface area contributed by atoms with E-state index in [2.05, 4.69) is 13.8 Å². The number of hydrogen-bond donors (Lipinski definition) is 1. The van der Waals surface area contributed by atoms with Gasteiger partial charge in [-0.05, 0) is 44.2 Å². The third kappa shape index (κ3) is 8.69. The Hall–Kier alpha value is -2.41. The van der Waals surface area contributed by atoms with E-state index in [1.807, 2.05) is 67.6 Å². The quantitative estimate of drug-likeness (QED) is 0.243. The number of hydrogen-bond acceptors (Lipinski definition) is 10. The van der Waals surface area contributed by atoms with Crippen LogP contribution in [0.2, 0.25) is 0 Å². The number of carbonyl (C=O) groups excluding carboxylic acids is 1. The Kier molecular flexibility index (Phi) is 12.4. The number of ether oxygens (including phenoxy) is 8. The molecule has 0 spiro atoms. The second kappa shape index (κ2) is 16.4. The van der Waals surface area contributed by atoms with Gasteiger partial charge in [0.15, 0.2) is 25.0 Å². The van der Waals surface area contributed by atoms with Crippen molar-refractivity contribution in [2.45, 2.75) is 109 Å². The second-order valence-corrected chi connectivity index (χ2v) is 12.3. The van der Waals surface area contributed by atoms with Crippen molar-refractivity contribution in [3.05, 3.63) is 71.8 Å². The topological polar surface area (TPSA) is 117 Å². The lowest BCUT2D eigenvalue weighted by atomic mass is 9.84. The van der Waals surface area contributed by atoms with Crippen molar-refractivity contribution in [1.82, 2.24) is 0 Å². The predicted octanol–water partition coefficient (Wildman–Crippen LogP) is 4.89. The van der Waals surface area contributed by atoms with Crippen molar-refractivity contribution in [3.8, 4) is 0 Å². The van der Waals surface area contributed by atoms with Crippen LogP contribution in [0.1, 0.15) is 64.4 Å². The zero-order valence-electron chi connectivity index (χ0n) is 26.8. The molecule has 3 fully saturated rings. The summed E-state index contributed by atoms with van der Waals surface area (Å²) in [6.07, 6.45) is -2.76. The van der Waals surface area contributed by atoms with Gasteiger partial charge in [0.05, 0.1) is 19.3 Å². The van der Waals surface area contributed by atoms with E-state index in [1.165, 1.54) is 6.92 Å². The third-order valence-corrected chi connectivity index (χ3v) is 9.07. The van der Waals surface area contributed by atoms with Crippen LogP contribution in [0.25, 0.3) is 0 Å². The van der Waals surface area contributed by atoms with Crippen molar-refractivity contribution >= 4 is 5.97 Å². The highest BCUT2D eigenvalue weighted by atomic mass is 16.8. The lowest BCUT2D eigenvalue weighted by molar-refractivity contribution is -0.393. The predicted molar refractivity (Wildman–Crippen MR) is 166 cm³/mol. The SMILES string of the molecule is CC(=O)OC1[C@H](O[C@@H]2C(OCc3ccccc3)[C@H](OCCCCCN)OC3COC(c4ccccc4)O[C@H]32)OC(C)[C@H](C)[C@@H]1C. The first kappa shape index (κ1) is 33.9. The lowest BCUT2D eigenvalue weighted by Gasteiger charge is -2.51. The molecule has 3 aliphatic rings. The molecule has 0 amide bonds. The van der Waals surface area contributed by atoms with E-state index in [9.17, 15) is 4.79 Å². The minimum absolute atomic E-state index is 0.00996. The normalized spacial score (nSPS) is 35.0. The maximum absolute atomic E-state index is 12.2. The average Bonchev–Trinajstić information content (AvgIpc) is 3.05. The first-order valence-electron chi connectivity index (χ1n) is 16.3. The molecule has 2 aromatic carbocycles. The molecule has 248 valence electrons. The van der Waals surface area contributed by atoms with Crippen molar-refractivity contribution in [2.24, 2.45) is 17.6 Å². The Balaban J connectivity index is 1.46. The van der Waals surface area contributed by atoms with Gasteiger partial charge in [0, 0.05) is 25.0 Å². The van der Waals surface area contributed by atoms with E-state index in [0.717, 1.165) is 30.4 Å². The number of benzene rings is 2. The molecule has 0 aromatic heterocycles. The summed E-state index contributed by atoms with van der Waals surface area (Å²) in [6, 6.07) is 19.7. The number of fused-ring (bicyclic) bond motifs is 1. The fraction of sp³-hybridized carbons (Fsp3) is 0.629. The minimum atomic E-state index is -0.853. The third-order valence-electron chi connectivity index (χ3n) is 9.07. The van der Waals surface area contributed by atoms with E-state index in [-0.39, 0.29) is 24.5 Å². The maximum atomic E-state index is 12.2. The molecule has 2 aromatic rings. The standard InChI is InChI=1S/C35H49NO9/c1-22-23(2)29(42-25(4)37)35(41-24(22)3)45-31-30-28(21-40-33(44-30)27-16-10-6-11-17-27)43-34(38-19-13-7-12-18-36)32(31)39-20-26-14-8-5-9-15-26/h5-6,8-11,14-17,22-24,28-35H,7,12-13,18-21,36H2,1-4H3/t22-,23+,24?,28?,29?,30-,31+,32?,33?,34-,35+/m1/s1. The van der Waals surface area contributed by atoms with Gasteiger partial charge in [0.2, 0.25) is 0 Å². The van der Waals surface area contributed by atoms with Gasteiger partial charge in [-0.25, -0.2) is 0 Å². The smallest absolute Gasteiger partial charge is 0.303 e. The molecule has 11 atom stereocenters. The van der Waals surface area contributed by atoms with E-state index in [1.54, 1.807) is 0 Å². The van der Waals surface area contributed by atoms with E-state index < -0.39 is 55.4 Å². The summed E-state index contributed by atoms with van der Waals surface area (Å²) in [5.41, 5.74) is 7.58. The second-order valence-electron chi connectivity index (χ2n) is 12.3. The molecule has 3 aliphatic heterocycles. The van der Waals surface area contributed by atoms with Crippen molar-refractivity contribution < 1.29 is 42.7 Å². The summed E-state index contributed by atoms with van der Waals surface area (Å²) in [6.45, 7) is 9.26. The van der Waals surface area contributed by atoms with Crippen LogP contribution in [0.5, 0.6) is 0 Å². The Morgan fingerprint density at radius 3 is 2.27 bits per heavy atom. The summed E-state index contributed by atoms with van der Waals surface area (Å²) >= 11 is 0. The van der Waals surface area contributed by atoms with Crippen LogP contribution in [-0.2, 0) is 49.3 Å². The van der Waals surface area contributed by atoms with Crippen molar-refractivity contribution in [2.75, 3.05) is 19.8 Å². The molecule has 5 rings (SSSR count). The van der Waals surface area contributed by atoms with E-state index in [4.69, 9.17) is 43.6 Å². The zero-order valence-corrected chi connectivity index (χ0v) is 26.8. The fourth-order valence-corrected chi connectivity index (χ4v) is 6.19. The van der Waals surface area contributed by atoms with Gasteiger partial charge in [0.25, 0.3) is 0 Å². The van der Waals surface area contributed by atoms with Crippen LogP contribution in [0, 0.1) is 11.8 Å². The Labute approximate surface area is 266 Å². The van der Waals surface area contributed by atoms with Crippen LogP contribution in [0.4, 0.5) is 0 Å². The van der Waals surface area contributed by atoms with Crippen LogP contribution in [0.3, 0.4) is 0 Å². The van der Waals surface area contributed by atoms with Gasteiger partial charge >= 0.3 is 5.97 Å². The molecule has 10 heteroatoms. The van der Waals surface area contributed by atoms with Gasteiger partial charge in [-0.3, -0.25) is 4.79 Å². The highest BCUT2D eigenvalue weighted by Crippen LogP contribution is 2.40. The van der Waals surface area contributed by atoms with Crippen molar-refractivity contribution in [1.29, 1.82) is 0 Å². The zero-order chi connectivity index (χ0) is 31.8. The number of carbonyl (C=O) groups is 1. The minimum Gasteiger partial charge on any atom is -0.457 e. The van der Waals surface area contributed by atoms with Gasteiger partial charge in [-0.2, -0.15) is 0 Å². The summed E-state index contributed by atoms with van der Waals surface area (Å²) in [5.74, 6) is -0.255. The highest BCUT2D eigenvalue weighted by Gasteiger charge is 2.54. The summed E-state index contributed by atoms with van der Waals surface area (Å²) in [5, 5.41) is 0. The monoisotopic (exact) mass is 627 g/mol. The summed E-state index contributed by atoms with van der Waals surface area (Å²) in [4.78, 5) is 12.2. The molecule has 3 saturated heterocycles. The van der Waals surface area contributed by atoms with E-state index in [0.29, 0.717) is 19.8 Å². The van der Waals surface area contributed by atoms with Gasteiger partial charge < -0.3 is 43.6 Å².